The van der Waals surface area contributed by atoms with Crippen LogP contribution in [-0.2, 0) is 20.8 Å². The zero-order valence-electron chi connectivity index (χ0n) is 10.6. The third-order valence-corrected chi connectivity index (χ3v) is 3.86. The topological polar surface area (TPSA) is 71.3 Å². The first-order chi connectivity index (χ1) is 8.83. The fourth-order valence-electron chi connectivity index (χ4n) is 1.74. The summed E-state index contributed by atoms with van der Waals surface area (Å²) in [7, 11) is 3.19. The lowest BCUT2D eigenvalue weighted by molar-refractivity contribution is -0.113. The van der Waals surface area contributed by atoms with Gasteiger partial charge in [0.15, 0.2) is 6.29 Å². The Labute approximate surface area is 110 Å². The summed E-state index contributed by atoms with van der Waals surface area (Å²) in [6.45, 7) is 1.35. The van der Waals surface area contributed by atoms with Gasteiger partial charge in [-0.25, -0.2) is 4.68 Å². The van der Waals surface area contributed by atoms with E-state index in [0.29, 0.717) is 12.6 Å². The number of methoxy groups -OCH3 is 2. The van der Waals surface area contributed by atoms with Crippen LogP contribution in [0.3, 0.4) is 0 Å². The normalized spacial score (nSPS) is 19.8. The third-order valence-electron chi connectivity index (χ3n) is 2.77. The molecule has 0 aliphatic carbocycles. The van der Waals surface area contributed by atoms with Crippen LogP contribution in [0, 0.1) is 0 Å². The standard InChI is InChI=1S/C10H18N4O3S/c1-15-9(16-2)6-14-10(11-12-13-14)18-7-8-4-3-5-17-8/h8-9H,3-7H2,1-2H3. The van der Waals surface area contributed by atoms with E-state index < -0.39 is 0 Å². The average Bonchev–Trinajstić information content (AvgIpc) is 3.04. The first kappa shape index (κ1) is 13.7. The first-order valence-electron chi connectivity index (χ1n) is 5.89. The van der Waals surface area contributed by atoms with E-state index in [-0.39, 0.29) is 6.29 Å². The minimum atomic E-state index is -0.337. The number of thioether (sulfide) groups is 1. The minimum absolute atomic E-state index is 0.320. The summed E-state index contributed by atoms with van der Waals surface area (Å²) in [5, 5.41) is 12.4. The van der Waals surface area contributed by atoms with Gasteiger partial charge in [0.25, 0.3) is 0 Å². The van der Waals surface area contributed by atoms with Gasteiger partial charge in [0, 0.05) is 26.6 Å². The van der Waals surface area contributed by atoms with Gasteiger partial charge < -0.3 is 14.2 Å². The summed E-state index contributed by atoms with van der Waals surface area (Å²) in [5.74, 6) is 0.880. The largest absolute Gasteiger partial charge is 0.377 e. The van der Waals surface area contributed by atoms with Crippen molar-refractivity contribution in [3.8, 4) is 0 Å². The molecule has 0 spiro atoms. The van der Waals surface area contributed by atoms with Gasteiger partial charge >= 0.3 is 0 Å². The molecule has 1 unspecified atom stereocenters. The maximum atomic E-state index is 5.57. The SMILES string of the molecule is COC(Cn1nnnc1SCC1CCCO1)OC. The van der Waals surface area contributed by atoms with Crippen molar-refractivity contribution >= 4 is 11.8 Å². The Hall–Kier alpha value is -0.700. The van der Waals surface area contributed by atoms with Gasteiger partial charge in [-0.2, -0.15) is 0 Å². The van der Waals surface area contributed by atoms with Crippen LogP contribution in [0.1, 0.15) is 12.8 Å². The molecule has 2 rings (SSSR count). The van der Waals surface area contributed by atoms with E-state index in [0.717, 1.165) is 30.4 Å². The highest BCUT2D eigenvalue weighted by atomic mass is 32.2. The monoisotopic (exact) mass is 274 g/mol. The van der Waals surface area contributed by atoms with Crippen molar-refractivity contribution < 1.29 is 14.2 Å². The van der Waals surface area contributed by atoms with Gasteiger partial charge in [-0.3, -0.25) is 0 Å². The number of ether oxygens (including phenoxy) is 3. The molecule has 0 radical (unpaired) electrons. The predicted octanol–water partition coefficient (Wildman–Crippen LogP) is 0.563. The lowest BCUT2D eigenvalue weighted by Gasteiger charge is -2.14. The smallest absolute Gasteiger partial charge is 0.209 e. The fourth-order valence-corrected chi connectivity index (χ4v) is 2.70. The fraction of sp³-hybridized carbons (Fsp3) is 0.900. The summed E-state index contributed by atoms with van der Waals surface area (Å²) in [5.41, 5.74) is 0. The second-order valence-electron chi connectivity index (χ2n) is 3.99. The zero-order chi connectivity index (χ0) is 12.8. The number of rotatable bonds is 7. The molecule has 0 bridgehead atoms. The Balaban J connectivity index is 1.86. The Kier molecular flexibility index (Phi) is 5.36. The van der Waals surface area contributed by atoms with Crippen LogP contribution in [0.5, 0.6) is 0 Å². The predicted molar refractivity (Wildman–Crippen MR) is 65.3 cm³/mol. The van der Waals surface area contributed by atoms with E-state index >= 15 is 0 Å². The van der Waals surface area contributed by atoms with Gasteiger partial charge in [-0.1, -0.05) is 11.8 Å². The summed E-state index contributed by atoms with van der Waals surface area (Å²) in [6, 6.07) is 0. The molecule has 1 atom stereocenters. The van der Waals surface area contributed by atoms with Gasteiger partial charge in [0.1, 0.15) is 0 Å². The van der Waals surface area contributed by atoms with Gasteiger partial charge in [-0.05, 0) is 23.3 Å². The van der Waals surface area contributed by atoms with E-state index in [1.54, 1.807) is 30.7 Å². The summed E-state index contributed by atoms with van der Waals surface area (Å²) in [4.78, 5) is 0. The van der Waals surface area contributed by atoms with Crippen molar-refractivity contribution in [1.82, 2.24) is 20.2 Å². The molecule has 1 aliphatic rings. The van der Waals surface area contributed by atoms with Crippen molar-refractivity contribution in [2.45, 2.75) is 36.9 Å². The number of aromatic nitrogens is 4. The molecule has 18 heavy (non-hydrogen) atoms. The molecule has 102 valence electrons. The molecular formula is C10H18N4O3S. The summed E-state index contributed by atoms with van der Waals surface area (Å²) >= 11 is 1.60. The highest BCUT2D eigenvalue weighted by Gasteiger charge is 2.18. The van der Waals surface area contributed by atoms with Gasteiger partial charge in [-0.15, -0.1) is 5.10 Å². The van der Waals surface area contributed by atoms with E-state index in [1.807, 2.05) is 0 Å². The molecule has 0 aromatic carbocycles. The average molecular weight is 274 g/mol. The number of hydrogen-bond donors (Lipinski definition) is 0. The quantitative estimate of drug-likeness (QED) is 0.531. The summed E-state index contributed by atoms with van der Waals surface area (Å²) < 4.78 is 17.5. The minimum Gasteiger partial charge on any atom is -0.377 e. The van der Waals surface area contributed by atoms with E-state index in [2.05, 4.69) is 15.5 Å². The van der Waals surface area contributed by atoms with Crippen LogP contribution >= 0.6 is 11.8 Å². The van der Waals surface area contributed by atoms with Crippen molar-refractivity contribution in [3.05, 3.63) is 0 Å². The zero-order valence-corrected chi connectivity index (χ0v) is 11.4. The van der Waals surface area contributed by atoms with Crippen molar-refractivity contribution in [1.29, 1.82) is 0 Å². The maximum absolute atomic E-state index is 5.57. The van der Waals surface area contributed by atoms with Crippen LogP contribution < -0.4 is 0 Å². The molecular weight excluding hydrogens is 256 g/mol. The maximum Gasteiger partial charge on any atom is 0.209 e. The van der Waals surface area contributed by atoms with E-state index in [9.17, 15) is 0 Å². The summed E-state index contributed by atoms with van der Waals surface area (Å²) in [6.07, 6.45) is 2.25. The van der Waals surface area contributed by atoms with Gasteiger partial charge in [0.2, 0.25) is 5.16 Å². The lowest BCUT2D eigenvalue weighted by Crippen LogP contribution is -2.22. The molecule has 1 aromatic rings. The molecule has 0 saturated carbocycles. The number of nitrogens with zero attached hydrogens (tertiary/aromatic N) is 4. The van der Waals surface area contributed by atoms with Crippen LogP contribution in [0.4, 0.5) is 0 Å². The molecule has 8 heteroatoms. The second-order valence-corrected chi connectivity index (χ2v) is 4.98. The molecule has 1 aromatic heterocycles. The number of hydrogen-bond acceptors (Lipinski definition) is 7. The molecule has 0 N–H and O–H groups in total. The molecule has 1 fully saturated rings. The van der Waals surface area contributed by atoms with Crippen LogP contribution in [0.2, 0.25) is 0 Å². The van der Waals surface area contributed by atoms with Crippen LogP contribution in [-0.4, -0.2) is 59.2 Å². The van der Waals surface area contributed by atoms with E-state index in [1.165, 1.54) is 0 Å². The Morgan fingerprint density at radius 1 is 1.50 bits per heavy atom. The highest BCUT2D eigenvalue weighted by molar-refractivity contribution is 7.99. The highest BCUT2D eigenvalue weighted by Crippen LogP contribution is 2.21. The van der Waals surface area contributed by atoms with Gasteiger partial charge in [0.05, 0.1) is 12.6 Å². The van der Waals surface area contributed by atoms with Crippen LogP contribution in [0.15, 0.2) is 5.16 Å². The van der Waals surface area contributed by atoms with Crippen molar-refractivity contribution in [2.24, 2.45) is 0 Å². The Morgan fingerprint density at radius 3 is 3.00 bits per heavy atom. The lowest BCUT2D eigenvalue weighted by atomic mass is 10.3. The third kappa shape index (κ3) is 3.64. The first-order valence-corrected chi connectivity index (χ1v) is 6.88. The molecule has 0 amide bonds. The van der Waals surface area contributed by atoms with Crippen molar-refractivity contribution in [2.75, 3.05) is 26.6 Å². The van der Waals surface area contributed by atoms with Crippen molar-refractivity contribution in [3.63, 3.8) is 0 Å². The molecule has 7 nitrogen and oxygen atoms in total. The second kappa shape index (κ2) is 7.03. The molecule has 2 heterocycles. The Morgan fingerprint density at radius 2 is 2.33 bits per heavy atom. The Bertz CT molecular complexity index is 353. The molecule has 1 aliphatic heterocycles. The molecule has 1 saturated heterocycles. The number of tetrazole rings is 1. The van der Waals surface area contributed by atoms with E-state index in [4.69, 9.17) is 14.2 Å². The van der Waals surface area contributed by atoms with Crippen LogP contribution in [0.25, 0.3) is 0 Å².